The normalized spacial score (nSPS) is 22.1. The molecule has 1 fully saturated rings. The van der Waals surface area contributed by atoms with Crippen molar-refractivity contribution in [1.29, 1.82) is 0 Å². The molecule has 0 radical (unpaired) electrons. The Morgan fingerprint density at radius 3 is 2.43 bits per heavy atom. The summed E-state index contributed by atoms with van der Waals surface area (Å²) in [7, 11) is 0. The van der Waals surface area contributed by atoms with Crippen LogP contribution in [0.15, 0.2) is 0 Å². The van der Waals surface area contributed by atoms with Crippen LogP contribution in [0.3, 0.4) is 0 Å². The average molecular weight is 260 g/mol. The van der Waals surface area contributed by atoms with Crippen LogP contribution in [0.1, 0.15) is 12.8 Å². The Bertz CT molecular complexity index is 246. The van der Waals surface area contributed by atoms with Gasteiger partial charge in [0.15, 0.2) is 0 Å². The predicted octanol–water partition coefficient (Wildman–Crippen LogP) is 0.751. The van der Waals surface area contributed by atoms with E-state index in [9.17, 15) is 9.59 Å². The lowest BCUT2D eigenvalue weighted by molar-refractivity contribution is -0.130. The molecule has 80 valence electrons. The van der Waals surface area contributed by atoms with E-state index in [4.69, 9.17) is 34.8 Å². The van der Waals surface area contributed by atoms with Crippen molar-refractivity contribution in [2.24, 2.45) is 0 Å². The number of hydrogen-bond acceptors (Lipinski definition) is 3. The number of nitrogens with one attached hydrogen (secondary N) is 2. The van der Waals surface area contributed by atoms with E-state index in [0.29, 0.717) is 6.42 Å². The molecule has 1 atom stereocenters. The minimum absolute atomic E-state index is 0.355. The molecule has 0 aromatic carbocycles. The summed E-state index contributed by atoms with van der Waals surface area (Å²) >= 11 is 15.8. The number of hydrogen-bond donors (Lipinski definition) is 2. The molecule has 1 aliphatic rings. The highest BCUT2D eigenvalue weighted by molar-refractivity contribution is 6.76. The lowest BCUT2D eigenvalue weighted by Gasteiger charge is -2.13. The van der Waals surface area contributed by atoms with Crippen molar-refractivity contribution in [3.05, 3.63) is 0 Å². The lowest BCUT2D eigenvalue weighted by atomic mass is 10.2. The first kappa shape index (κ1) is 12.0. The Morgan fingerprint density at radius 1 is 1.36 bits per heavy atom. The highest BCUT2D eigenvalue weighted by Crippen LogP contribution is 2.25. The summed E-state index contributed by atoms with van der Waals surface area (Å²) in [6.07, 6.45) is 1.60. The first-order valence-corrected chi connectivity index (χ1v) is 5.20. The summed E-state index contributed by atoms with van der Waals surface area (Å²) in [6, 6.07) is -0.355. The highest BCUT2D eigenvalue weighted by Gasteiger charge is 2.34. The summed E-state index contributed by atoms with van der Waals surface area (Å²) in [6.45, 7) is 0.764. The van der Waals surface area contributed by atoms with Gasteiger partial charge >= 0.3 is 0 Å². The Labute approximate surface area is 96.3 Å². The third-order valence-corrected chi connectivity index (χ3v) is 2.39. The zero-order valence-corrected chi connectivity index (χ0v) is 9.42. The predicted molar refractivity (Wildman–Crippen MR) is 54.5 cm³/mol. The number of imide groups is 1. The second kappa shape index (κ2) is 4.66. The number of halogens is 3. The van der Waals surface area contributed by atoms with Gasteiger partial charge in [-0.15, -0.1) is 0 Å². The van der Waals surface area contributed by atoms with Crippen molar-refractivity contribution in [3.63, 3.8) is 0 Å². The van der Waals surface area contributed by atoms with Gasteiger partial charge in [0.05, 0.1) is 6.04 Å². The summed E-state index contributed by atoms with van der Waals surface area (Å²) in [5.41, 5.74) is 0. The second-order valence-corrected chi connectivity index (χ2v) is 5.25. The molecule has 0 bridgehead atoms. The van der Waals surface area contributed by atoms with Gasteiger partial charge in [-0.1, -0.05) is 34.8 Å². The third-order valence-electron chi connectivity index (χ3n) is 1.87. The van der Waals surface area contributed by atoms with E-state index in [1.54, 1.807) is 0 Å². The molecule has 0 spiro atoms. The first-order chi connectivity index (χ1) is 6.41. The Balaban J connectivity index is 2.44. The molecule has 2 N–H and O–H groups in total. The van der Waals surface area contributed by atoms with Crippen LogP contribution in [0.2, 0.25) is 0 Å². The van der Waals surface area contributed by atoms with E-state index in [1.165, 1.54) is 0 Å². The Morgan fingerprint density at radius 2 is 2.00 bits per heavy atom. The van der Waals surface area contributed by atoms with Crippen molar-refractivity contribution in [2.45, 2.75) is 22.7 Å². The maximum atomic E-state index is 11.3. The molecule has 1 rings (SSSR count). The standard InChI is InChI=1S/C7H9Cl3N2O2/c8-7(9,10)6(14)12-5(13)4-2-1-3-11-4/h4,11H,1-3H2,(H,12,13,14)/t4-/m0/s1. The second-order valence-electron chi connectivity index (χ2n) is 2.97. The summed E-state index contributed by atoms with van der Waals surface area (Å²) < 4.78 is -2.09. The minimum Gasteiger partial charge on any atom is -0.306 e. The molecule has 14 heavy (non-hydrogen) atoms. The molecule has 4 nitrogen and oxygen atoms in total. The molecule has 2 amide bonds. The molecule has 1 heterocycles. The number of carbonyl (C=O) groups excluding carboxylic acids is 2. The molecule has 1 saturated heterocycles. The van der Waals surface area contributed by atoms with Crippen LogP contribution in [0.5, 0.6) is 0 Å². The van der Waals surface area contributed by atoms with E-state index in [-0.39, 0.29) is 6.04 Å². The first-order valence-electron chi connectivity index (χ1n) is 4.06. The molecular weight excluding hydrogens is 250 g/mol. The van der Waals surface area contributed by atoms with Crippen LogP contribution in [0.25, 0.3) is 0 Å². The fourth-order valence-corrected chi connectivity index (χ4v) is 1.32. The molecule has 0 saturated carbocycles. The summed E-state index contributed by atoms with van der Waals surface area (Å²) in [4.78, 5) is 22.4. The van der Waals surface area contributed by atoms with Gasteiger partial charge in [-0.2, -0.15) is 0 Å². The average Bonchev–Trinajstić information content (AvgIpc) is 2.53. The Kier molecular flexibility index (Phi) is 4.01. The van der Waals surface area contributed by atoms with E-state index in [2.05, 4.69) is 5.32 Å². The van der Waals surface area contributed by atoms with Crippen molar-refractivity contribution in [1.82, 2.24) is 10.6 Å². The summed E-state index contributed by atoms with van der Waals surface area (Å²) in [5.74, 6) is -1.36. The quantitative estimate of drug-likeness (QED) is 0.683. The van der Waals surface area contributed by atoms with E-state index in [1.807, 2.05) is 5.32 Å². The van der Waals surface area contributed by atoms with Gasteiger partial charge in [0.2, 0.25) is 5.91 Å². The van der Waals surface area contributed by atoms with Gasteiger partial charge in [0, 0.05) is 0 Å². The largest absolute Gasteiger partial charge is 0.306 e. The molecule has 0 unspecified atom stereocenters. The molecule has 1 aliphatic heterocycles. The van der Waals surface area contributed by atoms with Gasteiger partial charge in [-0.3, -0.25) is 14.9 Å². The van der Waals surface area contributed by atoms with E-state index >= 15 is 0 Å². The van der Waals surface area contributed by atoms with Crippen LogP contribution in [0.4, 0.5) is 0 Å². The number of carbonyl (C=O) groups is 2. The highest BCUT2D eigenvalue weighted by atomic mass is 35.6. The maximum Gasteiger partial charge on any atom is 0.278 e. The van der Waals surface area contributed by atoms with Gasteiger partial charge in [0.1, 0.15) is 0 Å². The van der Waals surface area contributed by atoms with Gasteiger partial charge in [-0.25, -0.2) is 0 Å². The van der Waals surface area contributed by atoms with E-state index < -0.39 is 15.6 Å². The summed E-state index contributed by atoms with van der Waals surface area (Å²) in [5, 5.41) is 4.95. The third kappa shape index (κ3) is 3.28. The Hall–Kier alpha value is -0.0300. The lowest BCUT2D eigenvalue weighted by Crippen LogP contribution is -2.47. The fourth-order valence-electron chi connectivity index (χ4n) is 1.18. The molecule has 7 heteroatoms. The number of alkyl halides is 3. The molecule has 0 aromatic rings. The van der Waals surface area contributed by atoms with Crippen molar-refractivity contribution < 1.29 is 9.59 Å². The zero-order valence-electron chi connectivity index (χ0n) is 7.15. The van der Waals surface area contributed by atoms with Gasteiger partial charge in [0.25, 0.3) is 9.70 Å². The van der Waals surface area contributed by atoms with Gasteiger partial charge in [-0.05, 0) is 19.4 Å². The minimum atomic E-state index is -2.09. The SMILES string of the molecule is O=C(NC(=O)C(Cl)(Cl)Cl)[C@@H]1CCCN1. The smallest absolute Gasteiger partial charge is 0.278 e. The zero-order chi connectivity index (χ0) is 10.8. The van der Waals surface area contributed by atoms with Gasteiger partial charge < -0.3 is 5.32 Å². The van der Waals surface area contributed by atoms with Crippen molar-refractivity contribution in [3.8, 4) is 0 Å². The number of amides is 2. The van der Waals surface area contributed by atoms with Crippen LogP contribution in [-0.4, -0.2) is 28.2 Å². The monoisotopic (exact) mass is 258 g/mol. The fraction of sp³-hybridized carbons (Fsp3) is 0.714. The molecule has 0 aliphatic carbocycles. The van der Waals surface area contributed by atoms with Crippen LogP contribution in [0, 0.1) is 0 Å². The van der Waals surface area contributed by atoms with Crippen molar-refractivity contribution >= 4 is 46.6 Å². The molecular formula is C7H9Cl3N2O2. The molecule has 0 aromatic heterocycles. The van der Waals surface area contributed by atoms with Crippen LogP contribution >= 0.6 is 34.8 Å². The van der Waals surface area contributed by atoms with Crippen LogP contribution < -0.4 is 10.6 Å². The maximum absolute atomic E-state index is 11.3. The topological polar surface area (TPSA) is 58.2 Å². The van der Waals surface area contributed by atoms with E-state index in [0.717, 1.165) is 13.0 Å². The number of rotatable bonds is 1. The van der Waals surface area contributed by atoms with Crippen LogP contribution in [-0.2, 0) is 9.59 Å². The van der Waals surface area contributed by atoms with Crippen molar-refractivity contribution in [2.75, 3.05) is 6.54 Å².